The number of aromatic amines is 1. The van der Waals surface area contributed by atoms with Crippen LogP contribution in [0.15, 0.2) is 36.5 Å². The number of nitrogens with one attached hydrogen (secondary N) is 2. The molecule has 1 aliphatic carbocycles. The molecular formula is C20H21ClN4O. The molecule has 0 saturated carbocycles. The fourth-order valence-corrected chi connectivity index (χ4v) is 3.88. The van der Waals surface area contributed by atoms with E-state index in [2.05, 4.69) is 34.3 Å². The third-order valence-electron chi connectivity index (χ3n) is 5.15. The number of aryl methyl sites for hydroxylation is 1. The number of benzene rings is 1. The summed E-state index contributed by atoms with van der Waals surface area (Å²) in [5.41, 5.74) is 4.93. The van der Waals surface area contributed by atoms with Crippen LogP contribution in [0.1, 0.15) is 28.0 Å². The van der Waals surface area contributed by atoms with Crippen molar-refractivity contribution in [3.63, 3.8) is 0 Å². The van der Waals surface area contributed by atoms with Crippen molar-refractivity contribution in [3.05, 3.63) is 58.5 Å². The Morgan fingerprint density at radius 3 is 2.96 bits per heavy atom. The van der Waals surface area contributed by atoms with Crippen molar-refractivity contribution in [2.45, 2.75) is 25.3 Å². The smallest absolute Gasteiger partial charge is 0.258 e. The molecule has 6 heteroatoms. The summed E-state index contributed by atoms with van der Waals surface area (Å²) in [6.45, 7) is 0. The highest BCUT2D eigenvalue weighted by Gasteiger charge is 2.24. The van der Waals surface area contributed by atoms with Gasteiger partial charge in [0.25, 0.3) is 5.91 Å². The molecule has 1 atom stereocenters. The first-order chi connectivity index (χ1) is 12.5. The van der Waals surface area contributed by atoms with Crippen molar-refractivity contribution in [2.24, 2.45) is 0 Å². The van der Waals surface area contributed by atoms with Crippen LogP contribution in [-0.2, 0) is 12.8 Å². The number of nitrogens with zero attached hydrogens (tertiary/aromatic N) is 2. The van der Waals surface area contributed by atoms with Gasteiger partial charge in [-0.3, -0.25) is 4.79 Å². The highest BCUT2D eigenvalue weighted by molar-refractivity contribution is 6.33. The predicted molar refractivity (Wildman–Crippen MR) is 105 cm³/mol. The molecule has 0 aliphatic heterocycles. The lowest BCUT2D eigenvalue weighted by Gasteiger charge is -2.28. The monoisotopic (exact) mass is 368 g/mol. The molecule has 3 aromatic rings. The van der Waals surface area contributed by atoms with Gasteiger partial charge in [0.15, 0.2) is 0 Å². The Morgan fingerprint density at radius 2 is 2.19 bits per heavy atom. The molecule has 0 saturated heterocycles. The Morgan fingerprint density at radius 1 is 1.35 bits per heavy atom. The minimum Gasteiger partial charge on any atom is -0.358 e. The van der Waals surface area contributed by atoms with Gasteiger partial charge in [0, 0.05) is 34.5 Å². The maximum atomic E-state index is 12.5. The van der Waals surface area contributed by atoms with Gasteiger partial charge in [0.2, 0.25) is 0 Å². The topological polar surface area (TPSA) is 61.0 Å². The van der Waals surface area contributed by atoms with Crippen LogP contribution in [0.5, 0.6) is 0 Å². The van der Waals surface area contributed by atoms with E-state index in [0.29, 0.717) is 11.6 Å². The first-order valence-electron chi connectivity index (χ1n) is 8.74. The predicted octanol–water partition coefficient (Wildman–Crippen LogP) is 3.89. The molecule has 0 bridgehead atoms. The molecule has 0 spiro atoms. The van der Waals surface area contributed by atoms with Crippen LogP contribution >= 0.6 is 11.6 Å². The zero-order valence-electron chi connectivity index (χ0n) is 14.8. The zero-order valence-corrected chi connectivity index (χ0v) is 15.6. The number of pyridine rings is 1. The number of anilines is 1. The first kappa shape index (κ1) is 17.1. The van der Waals surface area contributed by atoms with E-state index in [1.165, 1.54) is 16.6 Å². The Bertz CT molecular complexity index is 979. The van der Waals surface area contributed by atoms with Crippen molar-refractivity contribution in [1.82, 2.24) is 14.9 Å². The number of amides is 1. The van der Waals surface area contributed by atoms with Crippen molar-refractivity contribution >= 4 is 34.1 Å². The zero-order chi connectivity index (χ0) is 18.3. The number of carbonyl (C=O) groups is 1. The molecule has 1 aliphatic rings. The molecule has 1 unspecified atom stereocenters. The van der Waals surface area contributed by atoms with Gasteiger partial charge in [0.05, 0.1) is 5.56 Å². The van der Waals surface area contributed by atoms with E-state index in [1.54, 1.807) is 18.3 Å². The standard InChI is InChI=1S/C20H21ClN4O/c1-25(2)13-6-8-18-16(11-13)15-10-12(5-7-17(15)24-18)23-20(26)14-4-3-9-22-19(14)21/h3-5,7,9-10,13,24H,6,8,11H2,1-2H3,(H,23,26). The highest BCUT2D eigenvalue weighted by atomic mass is 35.5. The van der Waals surface area contributed by atoms with E-state index in [-0.39, 0.29) is 11.1 Å². The van der Waals surface area contributed by atoms with Crippen molar-refractivity contribution < 1.29 is 4.79 Å². The first-order valence-corrected chi connectivity index (χ1v) is 9.12. The van der Waals surface area contributed by atoms with Crippen LogP contribution in [0.2, 0.25) is 5.15 Å². The summed E-state index contributed by atoms with van der Waals surface area (Å²) in [4.78, 5) is 22.3. The fraction of sp³-hybridized carbons (Fsp3) is 0.300. The summed E-state index contributed by atoms with van der Waals surface area (Å²) in [7, 11) is 4.27. The van der Waals surface area contributed by atoms with E-state index in [9.17, 15) is 4.79 Å². The van der Waals surface area contributed by atoms with Gasteiger partial charge >= 0.3 is 0 Å². The van der Waals surface area contributed by atoms with Crippen LogP contribution in [-0.4, -0.2) is 40.9 Å². The van der Waals surface area contributed by atoms with E-state index < -0.39 is 0 Å². The number of likely N-dealkylation sites (N-methyl/N-ethyl adjacent to an activating group) is 1. The van der Waals surface area contributed by atoms with Gasteiger partial charge in [-0.15, -0.1) is 0 Å². The summed E-state index contributed by atoms with van der Waals surface area (Å²) >= 11 is 6.02. The molecule has 1 amide bonds. The second-order valence-corrected chi connectivity index (χ2v) is 7.36. The molecule has 1 aromatic carbocycles. The van der Waals surface area contributed by atoms with Gasteiger partial charge < -0.3 is 15.2 Å². The largest absolute Gasteiger partial charge is 0.358 e. The maximum Gasteiger partial charge on any atom is 0.258 e. The van der Waals surface area contributed by atoms with E-state index in [0.717, 1.165) is 30.5 Å². The van der Waals surface area contributed by atoms with Crippen molar-refractivity contribution in [2.75, 3.05) is 19.4 Å². The number of halogens is 1. The van der Waals surface area contributed by atoms with Crippen LogP contribution in [0, 0.1) is 0 Å². The van der Waals surface area contributed by atoms with Gasteiger partial charge in [-0.2, -0.15) is 0 Å². The minimum absolute atomic E-state index is 0.207. The summed E-state index contributed by atoms with van der Waals surface area (Å²) < 4.78 is 0. The van der Waals surface area contributed by atoms with Crippen LogP contribution in [0.3, 0.4) is 0 Å². The van der Waals surface area contributed by atoms with Crippen LogP contribution in [0.25, 0.3) is 10.9 Å². The molecule has 0 fully saturated rings. The van der Waals surface area contributed by atoms with Gasteiger partial charge in [-0.1, -0.05) is 11.6 Å². The summed E-state index contributed by atoms with van der Waals surface area (Å²) in [6, 6.07) is 9.91. The molecule has 26 heavy (non-hydrogen) atoms. The molecular weight excluding hydrogens is 348 g/mol. The lowest BCUT2D eigenvalue weighted by atomic mass is 9.91. The van der Waals surface area contributed by atoms with Crippen molar-refractivity contribution in [3.8, 4) is 0 Å². The quantitative estimate of drug-likeness (QED) is 0.689. The van der Waals surface area contributed by atoms with E-state index >= 15 is 0 Å². The summed E-state index contributed by atoms with van der Waals surface area (Å²) in [5, 5.41) is 4.32. The molecule has 2 aromatic heterocycles. The van der Waals surface area contributed by atoms with Crippen LogP contribution < -0.4 is 5.32 Å². The lowest BCUT2D eigenvalue weighted by Crippen LogP contribution is -2.33. The fourth-order valence-electron chi connectivity index (χ4n) is 3.67. The Kier molecular flexibility index (Phi) is 4.42. The van der Waals surface area contributed by atoms with Gasteiger partial charge in [-0.05, 0) is 69.3 Å². The summed E-state index contributed by atoms with van der Waals surface area (Å²) in [5.74, 6) is -0.252. The Balaban J connectivity index is 1.65. The van der Waals surface area contributed by atoms with Gasteiger partial charge in [0.1, 0.15) is 5.15 Å². The number of carbonyl (C=O) groups excluding carboxylic acids is 1. The third kappa shape index (κ3) is 3.08. The Hall–Kier alpha value is -2.37. The number of rotatable bonds is 3. The second-order valence-electron chi connectivity index (χ2n) is 7.00. The summed E-state index contributed by atoms with van der Waals surface area (Å²) in [6.07, 6.45) is 4.81. The average Bonchev–Trinajstić information content (AvgIpc) is 2.99. The highest BCUT2D eigenvalue weighted by Crippen LogP contribution is 2.32. The number of fused-ring (bicyclic) bond motifs is 3. The number of hydrogen-bond donors (Lipinski definition) is 2. The lowest BCUT2D eigenvalue weighted by molar-refractivity contribution is 0.102. The normalized spacial score (nSPS) is 16.7. The second kappa shape index (κ2) is 6.74. The number of hydrogen-bond acceptors (Lipinski definition) is 3. The molecule has 4 rings (SSSR count). The SMILES string of the molecule is CN(C)C1CCc2[nH]c3ccc(NC(=O)c4cccnc4Cl)cc3c2C1. The number of H-pyrrole nitrogens is 1. The third-order valence-corrected chi connectivity index (χ3v) is 5.45. The van der Waals surface area contributed by atoms with Crippen molar-refractivity contribution in [1.29, 1.82) is 0 Å². The molecule has 0 radical (unpaired) electrons. The van der Waals surface area contributed by atoms with E-state index in [1.807, 2.05) is 18.2 Å². The van der Waals surface area contributed by atoms with E-state index in [4.69, 9.17) is 11.6 Å². The minimum atomic E-state index is -0.252. The molecule has 134 valence electrons. The molecule has 2 heterocycles. The van der Waals surface area contributed by atoms with Crippen LogP contribution in [0.4, 0.5) is 5.69 Å². The molecule has 2 N–H and O–H groups in total. The van der Waals surface area contributed by atoms with Gasteiger partial charge in [-0.25, -0.2) is 4.98 Å². The molecule has 5 nitrogen and oxygen atoms in total. The average molecular weight is 369 g/mol. The Labute approximate surface area is 157 Å². The number of aromatic nitrogens is 2. The maximum absolute atomic E-state index is 12.5.